The molecule has 0 aliphatic heterocycles. The van der Waals surface area contributed by atoms with Crippen LogP contribution in [0.3, 0.4) is 0 Å². The molecule has 0 aliphatic rings. The highest BCUT2D eigenvalue weighted by atomic mass is 16.5. The van der Waals surface area contributed by atoms with Crippen LogP contribution in [-0.4, -0.2) is 56.0 Å². The fraction of sp³-hybridized carbons (Fsp3) is 1.00. The first-order valence-electron chi connectivity index (χ1n) is 11.2. The Bertz CT molecular complexity index is 246. The third-order valence-corrected chi connectivity index (χ3v) is 4.60. The van der Waals surface area contributed by atoms with Crippen LogP contribution in [-0.2, 0) is 0 Å². The van der Waals surface area contributed by atoms with Crippen LogP contribution in [0, 0.1) is 10.4 Å². The SMILES string of the molecule is CCCCCCCCC[N+](C)(C)[O-].CCCCCCCCC[N+](C)(C)[O-].O. The fourth-order valence-corrected chi connectivity index (χ4v) is 2.90. The summed E-state index contributed by atoms with van der Waals surface area (Å²) in [6.45, 7) is 6.01. The van der Waals surface area contributed by atoms with E-state index in [9.17, 15) is 10.4 Å². The summed E-state index contributed by atoms with van der Waals surface area (Å²) in [7, 11) is 6.88. The lowest BCUT2D eigenvalue weighted by Crippen LogP contribution is -2.32. The highest BCUT2D eigenvalue weighted by molar-refractivity contribution is 4.46. The Morgan fingerprint density at radius 1 is 0.444 bits per heavy atom. The van der Waals surface area contributed by atoms with Crippen LogP contribution in [0.25, 0.3) is 0 Å². The molecule has 0 rings (SSSR count). The van der Waals surface area contributed by atoms with Gasteiger partial charge in [0, 0.05) is 0 Å². The van der Waals surface area contributed by atoms with Gasteiger partial charge in [0.1, 0.15) is 0 Å². The van der Waals surface area contributed by atoms with Crippen molar-refractivity contribution < 1.29 is 14.8 Å². The van der Waals surface area contributed by atoms with Gasteiger partial charge in [-0.05, 0) is 25.7 Å². The molecule has 0 unspecified atom stereocenters. The normalized spacial score (nSPS) is 11.6. The molecule has 27 heavy (non-hydrogen) atoms. The Hall–Kier alpha value is -0.200. The summed E-state index contributed by atoms with van der Waals surface area (Å²) in [4.78, 5) is 0. The maximum atomic E-state index is 11.2. The number of nitrogens with zero attached hydrogens (tertiary/aromatic N) is 2. The van der Waals surface area contributed by atoms with E-state index in [1.165, 1.54) is 77.0 Å². The fourth-order valence-electron chi connectivity index (χ4n) is 2.90. The van der Waals surface area contributed by atoms with E-state index in [0.29, 0.717) is 0 Å². The monoisotopic (exact) mass is 392 g/mol. The predicted octanol–water partition coefficient (Wildman–Crippen LogP) is 5.80. The van der Waals surface area contributed by atoms with Crippen molar-refractivity contribution in [1.29, 1.82) is 0 Å². The van der Waals surface area contributed by atoms with Crippen molar-refractivity contribution in [1.82, 2.24) is 0 Å². The zero-order valence-corrected chi connectivity index (χ0v) is 19.5. The van der Waals surface area contributed by atoms with E-state index in [0.717, 1.165) is 25.9 Å². The van der Waals surface area contributed by atoms with Gasteiger partial charge < -0.3 is 25.2 Å². The molecule has 0 aromatic carbocycles. The number of hydroxylamine groups is 6. The van der Waals surface area contributed by atoms with E-state index in [1.807, 2.05) is 0 Å². The summed E-state index contributed by atoms with van der Waals surface area (Å²) in [6.07, 6.45) is 18.0. The summed E-state index contributed by atoms with van der Waals surface area (Å²) in [6, 6.07) is 0. The number of rotatable bonds is 16. The van der Waals surface area contributed by atoms with Crippen LogP contribution < -0.4 is 0 Å². The molecule has 5 heteroatoms. The average Bonchev–Trinajstić information content (AvgIpc) is 2.52. The first-order chi connectivity index (χ1) is 12.1. The molecule has 5 nitrogen and oxygen atoms in total. The number of quaternary nitrogens is 2. The Morgan fingerprint density at radius 3 is 0.889 bits per heavy atom. The highest BCUT2D eigenvalue weighted by Crippen LogP contribution is 2.09. The lowest BCUT2D eigenvalue weighted by Gasteiger charge is -2.33. The van der Waals surface area contributed by atoms with Crippen LogP contribution >= 0.6 is 0 Å². The van der Waals surface area contributed by atoms with Gasteiger partial charge in [-0.15, -0.1) is 0 Å². The molecule has 0 aliphatic carbocycles. The molecule has 2 N–H and O–H groups in total. The number of unbranched alkanes of at least 4 members (excludes halogenated alkanes) is 12. The van der Waals surface area contributed by atoms with Crippen LogP contribution in [0.4, 0.5) is 0 Å². The summed E-state index contributed by atoms with van der Waals surface area (Å²) in [5, 5.41) is 22.4. The smallest absolute Gasteiger partial charge is 0.0779 e. The lowest BCUT2D eigenvalue weighted by molar-refractivity contribution is -0.840. The third kappa shape index (κ3) is 37.3. The van der Waals surface area contributed by atoms with Gasteiger partial charge in [-0.3, -0.25) is 0 Å². The minimum absolute atomic E-state index is 0. The topological polar surface area (TPSA) is 77.6 Å². The lowest BCUT2D eigenvalue weighted by atomic mass is 10.1. The average molecular weight is 393 g/mol. The summed E-state index contributed by atoms with van der Waals surface area (Å²) in [5.74, 6) is 0. The standard InChI is InChI=1S/2C11H25NO.H2O/c2*1-4-5-6-7-8-9-10-11-12(2,3)13;/h2*4-11H2,1-3H3;1H2. The van der Waals surface area contributed by atoms with Crippen molar-refractivity contribution in [2.24, 2.45) is 0 Å². The summed E-state index contributed by atoms with van der Waals surface area (Å²) >= 11 is 0. The van der Waals surface area contributed by atoms with Crippen molar-refractivity contribution in [3.05, 3.63) is 10.4 Å². The van der Waals surface area contributed by atoms with Gasteiger partial charge >= 0.3 is 0 Å². The first-order valence-corrected chi connectivity index (χ1v) is 11.2. The largest absolute Gasteiger partial charge is 0.633 e. The Kier molecular flexibility index (Phi) is 23.9. The van der Waals surface area contributed by atoms with Crippen molar-refractivity contribution in [2.45, 2.75) is 104 Å². The molecule has 0 saturated carbocycles. The molecule has 0 atom stereocenters. The van der Waals surface area contributed by atoms with Gasteiger partial charge in [0.05, 0.1) is 41.3 Å². The molecule has 0 saturated heterocycles. The second-order valence-electron chi connectivity index (χ2n) is 8.84. The van der Waals surface area contributed by atoms with Crippen molar-refractivity contribution in [3.63, 3.8) is 0 Å². The van der Waals surface area contributed by atoms with Gasteiger partial charge in [-0.1, -0.05) is 78.1 Å². The van der Waals surface area contributed by atoms with Gasteiger partial charge in [0.25, 0.3) is 0 Å². The van der Waals surface area contributed by atoms with E-state index < -0.39 is 0 Å². The number of hydrogen-bond donors (Lipinski definition) is 0. The molecule has 0 bridgehead atoms. The molecule has 0 heterocycles. The molecule has 0 spiro atoms. The van der Waals surface area contributed by atoms with E-state index >= 15 is 0 Å². The molecule has 0 aromatic heterocycles. The molecule has 168 valence electrons. The van der Waals surface area contributed by atoms with Crippen LogP contribution in [0.15, 0.2) is 0 Å². The minimum atomic E-state index is -0.130. The van der Waals surface area contributed by atoms with Crippen LogP contribution in [0.2, 0.25) is 0 Å². The Balaban J connectivity index is -0.000000411. The molecular weight excluding hydrogens is 340 g/mol. The van der Waals surface area contributed by atoms with Crippen molar-refractivity contribution in [3.8, 4) is 0 Å². The molecule has 0 fully saturated rings. The van der Waals surface area contributed by atoms with Gasteiger partial charge in [0.15, 0.2) is 0 Å². The third-order valence-electron chi connectivity index (χ3n) is 4.60. The van der Waals surface area contributed by atoms with Gasteiger partial charge in [-0.25, -0.2) is 0 Å². The minimum Gasteiger partial charge on any atom is -0.633 e. The van der Waals surface area contributed by atoms with E-state index in [-0.39, 0.29) is 14.8 Å². The van der Waals surface area contributed by atoms with E-state index in [2.05, 4.69) is 13.8 Å². The predicted molar refractivity (Wildman–Crippen MR) is 120 cm³/mol. The second-order valence-corrected chi connectivity index (χ2v) is 8.84. The highest BCUT2D eigenvalue weighted by Gasteiger charge is 2.01. The van der Waals surface area contributed by atoms with Crippen LogP contribution in [0.1, 0.15) is 104 Å². The molecular formula is C22H52N2O3. The summed E-state index contributed by atoms with van der Waals surface area (Å²) < 4.78 is -0.260. The zero-order chi connectivity index (χ0) is 20.3. The quantitative estimate of drug-likeness (QED) is 0.189. The van der Waals surface area contributed by atoms with E-state index in [1.54, 1.807) is 28.2 Å². The molecule has 0 amide bonds. The van der Waals surface area contributed by atoms with Gasteiger partial charge in [0.2, 0.25) is 0 Å². The maximum absolute atomic E-state index is 11.2. The van der Waals surface area contributed by atoms with Crippen molar-refractivity contribution in [2.75, 3.05) is 41.3 Å². The first kappa shape index (κ1) is 31.5. The van der Waals surface area contributed by atoms with Crippen molar-refractivity contribution >= 4 is 0 Å². The van der Waals surface area contributed by atoms with Crippen LogP contribution in [0.5, 0.6) is 0 Å². The Morgan fingerprint density at radius 2 is 0.667 bits per heavy atom. The van der Waals surface area contributed by atoms with Gasteiger partial charge in [-0.2, -0.15) is 0 Å². The maximum Gasteiger partial charge on any atom is 0.0779 e. The molecule has 0 radical (unpaired) electrons. The zero-order valence-electron chi connectivity index (χ0n) is 19.5. The summed E-state index contributed by atoms with van der Waals surface area (Å²) in [5.41, 5.74) is 0. The number of hydrogen-bond acceptors (Lipinski definition) is 2. The van der Waals surface area contributed by atoms with E-state index in [4.69, 9.17) is 0 Å². The second kappa shape index (κ2) is 20.5. The Labute approximate surface area is 170 Å². The molecule has 0 aromatic rings.